The zero-order chi connectivity index (χ0) is 20.5. The molecule has 1 aliphatic rings. The number of carbonyl (C=O) groups is 1. The van der Waals surface area contributed by atoms with Gasteiger partial charge in [-0.25, -0.2) is 9.97 Å². The number of amides is 1. The number of pyridine rings is 2. The highest BCUT2D eigenvalue weighted by atomic mass is 16.6. The van der Waals surface area contributed by atoms with Gasteiger partial charge in [0.2, 0.25) is 0 Å². The van der Waals surface area contributed by atoms with E-state index in [0.717, 1.165) is 16.9 Å². The Morgan fingerprint density at radius 3 is 2.59 bits per heavy atom. The smallest absolute Gasteiger partial charge is 0.287 e. The van der Waals surface area contributed by atoms with Crippen molar-refractivity contribution in [3.8, 4) is 0 Å². The van der Waals surface area contributed by atoms with Crippen molar-refractivity contribution in [3.63, 3.8) is 0 Å². The molecule has 1 fully saturated rings. The lowest BCUT2D eigenvalue weighted by Crippen LogP contribution is -2.49. The quantitative estimate of drug-likeness (QED) is 0.498. The highest BCUT2D eigenvalue weighted by molar-refractivity contribution is 5.95. The lowest BCUT2D eigenvalue weighted by atomic mass is 10.2. The van der Waals surface area contributed by atoms with E-state index in [0.29, 0.717) is 44.1 Å². The molecule has 9 heteroatoms. The molecule has 0 N–H and O–H groups in total. The minimum absolute atomic E-state index is 0.0190. The second-order valence-electron chi connectivity index (χ2n) is 7.10. The van der Waals surface area contributed by atoms with E-state index >= 15 is 0 Å². The minimum Gasteiger partial charge on any atom is -0.353 e. The molecule has 0 aliphatic carbocycles. The molecule has 0 aromatic carbocycles. The average Bonchev–Trinajstić information content (AvgIpc) is 3.11. The zero-order valence-electron chi connectivity index (χ0n) is 16.4. The highest BCUT2D eigenvalue weighted by Gasteiger charge is 2.27. The van der Waals surface area contributed by atoms with Crippen molar-refractivity contribution < 1.29 is 9.72 Å². The molecule has 0 radical (unpaired) electrons. The molecule has 9 nitrogen and oxygen atoms in total. The van der Waals surface area contributed by atoms with Crippen LogP contribution in [0.15, 0.2) is 36.7 Å². The van der Waals surface area contributed by atoms with Crippen molar-refractivity contribution in [2.45, 2.75) is 20.3 Å². The summed E-state index contributed by atoms with van der Waals surface area (Å²) in [6.07, 6.45) is 3.86. The Labute approximate surface area is 167 Å². The first-order valence-electron chi connectivity index (χ1n) is 9.60. The number of piperazine rings is 1. The van der Waals surface area contributed by atoms with Crippen LogP contribution in [-0.2, 0) is 6.42 Å². The Morgan fingerprint density at radius 2 is 1.97 bits per heavy atom. The molecule has 3 aromatic rings. The molecule has 1 amide bonds. The van der Waals surface area contributed by atoms with Crippen molar-refractivity contribution in [2.75, 3.05) is 31.1 Å². The highest BCUT2D eigenvalue weighted by Crippen LogP contribution is 2.20. The summed E-state index contributed by atoms with van der Waals surface area (Å²) in [5.74, 6) is 0.664. The molecular formula is C20H22N6O3. The lowest BCUT2D eigenvalue weighted by Gasteiger charge is -2.35. The molecule has 0 bridgehead atoms. The first-order valence-corrected chi connectivity index (χ1v) is 9.60. The van der Waals surface area contributed by atoms with Crippen molar-refractivity contribution in [2.24, 2.45) is 0 Å². The van der Waals surface area contributed by atoms with Crippen LogP contribution in [0.5, 0.6) is 0 Å². The number of hydrogen-bond acceptors (Lipinski definition) is 6. The standard InChI is InChI=1S/C20H22N6O3/c1-3-16-19(25-7-6-14(2)12-18(25)22-16)20(27)24-10-8-23(9-11-24)17-5-4-15(13-21-17)26(28)29/h4-7,12-13H,3,8-11H2,1-2H3. The first kappa shape index (κ1) is 18.9. The summed E-state index contributed by atoms with van der Waals surface area (Å²) in [5, 5.41) is 10.8. The van der Waals surface area contributed by atoms with E-state index in [1.807, 2.05) is 46.4 Å². The third kappa shape index (κ3) is 3.51. The molecule has 0 spiro atoms. The van der Waals surface area contributed by atoms with Gasteiger partial charge in [0, 0.05) is 38.4 Å². The van der Waals surface area contributed by atoms with E-state index in [4.69, 9.17) is 0 Å². The Hall–Kier alpha value is -3.49. The van der Waals surface area contributed by atoms with Crippen LogP contribution < -0.4 is 4.90 Å². The zero-order valence-corrected chi connectivity index (χ0v) is 16.4. The van der Waals surface area contributed by atoms with Gasteiger partial charge in [0.1, 0.15) is 23.4 Å². The van der Waals surface area contributed by atoms with Crippen LogP contribution in [0.1, 0.15) is 28.7 Å². The summed E-state index contributed by atoms with van der Waals surface area (Å²) in [6.45, 7) is 6.36. The van der Waals surface area contributed by atoms with Crippen LogP contribution in [0.3, 0.4) is 0 Å². The third-order valence-corrected chi connectivity index (χ3v) is 5.23. The summed E-state index contributed by atoms with van der Waals surface area (Å²) in [6, 6.07) is 7.06. The monoisotopic (exact) mass is 394 g/mol. The van der Waals surface area contributed by atoms with Gasteiger partial charge in [-0.2, -0.15) is 0 Å². The number of anilines is 1. The Bertz CT molecular complexity index is 1070. The van der Waals surface area contributed by atoms with E-state index in [2.05, 4.69) is 9.97 Å². The fourth-order valence-corrected chi connectivity index (χ4v) is 3.63. The fourth-order valence-electron chi connectivity index (χ4n) is 3.63. The molecule has 0 saturated carbocycles. The van der Waals surface area contributed by atoms with Crippen molar-refractivity contribution >= 4 is 23.1 Å². The number of rotatable bonds is 4. The molecule has 3 aromatic heterocycles. The van der Waals surface area contributed by atoms with Gasteiger partial charge in [-0.05, 0) is 37.1 Å². The largest absolute Gasteiger partial charge is 0.353 e. The molecular weight excluding hydrogens is 372 g/mol. The molecule has 1 saturated heterocycles. The van der Waals surface area contributed by atoms with Crippen molar-refractivity contribution in [1.29, 1.82) is 0 Å². The van der Waals surface area contributed by atoms with Crippen LogP contribution in [0.4, 0.5) is 11.5 Å². The maximum atomic E-state index is 13.3. The van der Waals surface area contributed by atoms with E-state index in [1.54, 1.807) is 6.07 Å². The van der Waals surface area contributed by atoms with Gasteiger partial charge in [0.15, 0.2) is 0 Å². The SMILES string of the molecule is CCc1nc2cc(C)ccn2c1C(=O)N1CCN(c2ccc([N+](=O)[O-])cn2)CC1. The second kappa shape index (κ2) is 7.50. The van der Waals surface area contributed by atoms with E-state index in [-0.39, 0.29) is 11.6 Å². The summed E-state index contributed by atoms with van der Waals surface area (Å²) in [5.41, 5.74) is 3.30. The van der Waals surface area contributed by atoms with Gasteiger partial charge >= 0.3 is 0 Å². The summed E-state index contributed by atoms with van der Waals surface area (Å²) < 4.78 is 1.87. The summed E-state index contributed by atoms with van der Waals surface area (Å²) in [7, 11) is 0. The predicted molar refractivity (Wildman–Crippen MR) is 108 cm³/mol. The molecule has 1 aliphatic heterocycles. The van der Waals surface area contributed by atoms with E-state index in [1.165, 1.54) is 12.3 Å². The van der Waals surface area contributed by atoms with Gasteiger partial charge < -0.3 is 9.80 Å². The Morgan fingerprint density at radius 1 is 1.21 bits per heavy atom. The van der Waals surface area contributed by atoms with Gasteiger partial charge in [-0.3, -0.25) is 19.3 Å². The van der Waals surface area contributed by atoms with E-state index < -0.39 is 4.92 Å². The first-order chi connectivity index (χ1) is 14.0. The Kier molecular flexibility index (Phi) is 4.87. The average molecular weight is 394 g/mol. The molecule has 4 heterocycles. The second-order valence-corrected chi connectivity index (χ2v) is 7.10. The van der Waals surface area contributed by atoms with Crippen molar-refractivity contribution in [3.05, 3.63) is 63.7 Å². The van der Waals surface area contributed by atoms with Crippen LogP contribution in [0.25, 0.3) is 5.65 Å². The molecule has 29 heavy (non-hydrogen) atoms. The minimum atomic E-state index is -0.462. The van der Waals surface area contributed by atoms with Crippen LogP contribution in [-0.4, -0.2) is 56.3 Å². The summed E-state index contributed by atoms with van der Waals surface area (Å²) >= 11 is 0. The fraction of sp³-hybridized carbons (Fsp3) is 0.350. The Balaban J connectivity index is 1.51. The molecule has 4 rings (SSSR count). The number of nitro groups is 1. The number of hydrogen-bond donors (Lipinski definition) is 0. The number of fused-ring (bicyclic) bond motifs is 1. The van der Waals surface area contributed by atoms with Gasteiger partial charge in [0.25, 0.3) is 11.6 Å². The molecule has 0 atom stereocenters. The van der Waals surface area contributed by atoms with Crippen molar-refractivity contribution in [1.82, 2.24) is 19.3 Å². The van der Waals surface area contributed by atoms with Gasteiger partial charge in [-0.15, -0.1) is 0 Å². The maximum absolute atomic E-state index is 13.3. The van der Waals surface area contributed by atoms with Crippen LogP contribution >= 0.6 is 0 Å². The number of carbonyl (C=O) groups excluding carboxylic acids is 1. The topological polar surface area (TPSA) is 96.9 Å². The number of imidazole rings is 1. The molecule has 150 valence electrons. The summed E-state index contributed by atoms with van der Waals surface area (Å²) in [4.78, 5) is 36.3. The maximum Gasteiger partial charge on any atom is 0.287 e. The third-order valence-electron chi connectivity index (χ3n) is 5.23. The van der Waals surface area contributed by atoms with Gasteiger partial charge in [-0.1, -0.05) is 6.92 Å². The number of aromatic nitrogens is 3. The van der Waals surface area contributed by atoms with E-state index in [9.17, 15) is 14.9 Å². The predicted octanol–water partition coefficient (Wildman–Crippen LogP) is 2.47. The molecule has 0 unspecified atom stereocenters. The number of aryl methyl sites for hydroxylation is 2. The normalized spacial score (nSPS) is 14.4. The lowest BCUT2D eigenvalue weighted by molar-refractivity contribution is -0.385. The van der Waals surface area contributed by atoms with Crippen LogP contribution in [0, 0.1) is 17.0 Å². The van der Waals surface area contributed by atoms with Crippen LogP contribution in [0.2, 0.25) is 0 Å². The van der Waals surface area contributed by atoms with Gasteiger partial charge in [0.05, 0.1) is 10.6 Å². The number of nitrogens with zero attached hydrogens (tertiary/aromatic N) is 6.